The number of fused-ring (bicyclic) bond motifs is 1. The van der Waals surface area contributed by atoms with Crippen LogP contribution in [0.1, 0.15) is 12.8 Å². The number of aryl methyl sites for hydroxylation is 1. The van der Waals surface area contributed by atoms with Crippen molar-refractivity contribution in [3.8, 4) is 11.5 Å². The van der Waals surface area contributed by atoms with Gasteiger partial charge in [-0.25, -0.2) is 17.7 Å². The van der Waals surface area contributed by atoms with E-state index < -0.39 is 10.0 Å². The lowest BCUT2D eigenvalue weighted by molar-refractivity contribution is -0.116. The molecule has 3 aromatic rings. The van der Waals surface area contributed by atoms with Crippen LogP contribution in [-0.2, 0) is 21.4 Å². The van der Waals surface area contributed by atoms with Gasteiger partial charge in [-0.05, 0) is 24.6 Å². The first-order valence-corrected chi connectivity index (χ1v) is 11.6. The molecule has 11 heteroatoms. The minimum absolute atomic E-state index is 0.0164. The van der Waals surface area contributed by atoms with Crippen molar-refractivity contribution in [2.24, 2.45) is 0 Å². The van der Waals surface area contributed by atoms with Crippen molar-refractivity contribution in [2.75, 3.05) is 33.6 Å². The van der Waals surface area contributed by atoms with Crippen LogP contribution in [0.25, 0.3) is 10.9 Å². The van der Waals surface area contributed by atoms with Gasteiger partial charge in [-0.3, -0.25) is 14.2 Å². The molecule has 0 aliphatic heterocycles. The fourth-order valence-electron chi connectivity index (χ4n) is 3.26. The molecule has 0 unspecified atom stereocenters. The van der Waals surface area contributed by atoms with Gasteiger partial charge in [-0.1, -0.05) is 12.1 Å². The van der Waals surface area contributed by atoms with E-state index in [0.717, 1.165) is 4.31 Å². The van der Waals surface area contributed by atoms with E-state index in [-0.39, 0.29) is 35.0 Å². The number of carbonyl (C=O) groups excluding carboxylic acids is 1. The third kappa shape index (κ3) is 5.15. The number of para-hydroxylation sites is 1. The Kier molecular flexibility index (Phi) is 7.34. The molecule has 0 aliphatic rings. The second-order valence-corrected chi connectivity index (χ2v) is 9.52. The molecule has 0 aliphatic carbocycles. The van der Waals surface area contributed by atoms with E-state index >= 15 is 0 Å². The summed E-state index contributed by atoms with van der Waals surface area (Å²) in [5.74, 6) is 0.542. The number of benzene rings is 2. The van der Waals surface area contributed by atoms with Crippen LogP contribution in [0.4, 0.5) is 5.69 Å². The molecule has 0 bridgehead atoms. The number of rotatable bonds is 9. The highest BCUT2D eigenvalue weighted by atomic mass is 32.2. The number of ether oxygens (including phenoxy) is 2. The summed E-state index contributed by atoms with van der Waals surface area (Å²) in [4.78, 5) is 29.6. The molecule has 0 saturated carbocycles. The third-order valence-electron chi connectivity index (χ3n) is 5.05. The molecule has 3 rings (SSSR count). The van der Waals surface area contributed by atoms with Crippen LogP contribution < -0.4 is 20.3 Å². The largest absolute Gasteiger partial charge is 0.493 e. The van der Waals surface area contributed by atoms with E-state index in [1.54, 1.807) is 24.3 Å². The highest BCUT2D eigenvalue weighted by molar-refractivity contribution is 7.89. The zero-order valence-electron chi connectivity index (χ0n) is 18.9. The number of hydrogen-bond donors (Lipinski definition) is 1. The lowest BCUT2D eigenvalue weighted by atomic mass is 10.2. The van der Waals surface area contributed by atoms with E-state index in [9.17, 15) is 18.0 Å². The maximum atomic E-state index is 12.8. The number of methoxy groups -OCH3 is 2. The molecular formula is C22H26N4O6S. The van der Waals surface area contributed by atoms with Crippen LogP contribution in [-0.4, -0.2) is 56.5 Å². The summed E-state index contributed by atoms with van der Waals surface area (Å²) in [5.41, 5.74) is 0.427. The molecule has 176 valence electrons. The van der Waals surface area contributed by atoms with Gasteiger partial charge in [-0.15, -0.1) is 0 Å². The number of nitrogens with one attached hydrogen (secondary N) is 1. The maximum Gasteiger partial charge on any atom is 0.261 e. The number of sulfonamides is 1. The normalized spacial score (nSPS) is 11.5. The van der Waals surface area contributed by atoms with Gasteiger partial charge < -0.3 is 14.8 Å². The first-order valence-electron chi connectivity index (χ1n) is 10.1. The molecule has 1 aromatic heterocycles. The van der Waals surface area contributed by atoms with Crippen molar-refractivity contribution in [3.63, 3.8) is 0 Å². The molecule has 0 saturated heterocycles. The summed E-state index contributed by atoms with van der Waals surface area (Å²) in [5, 5.41) is 3.03. The van der Waals surface area contributed by atoms with Crippen LogP contribution in [0.5, 0.6) is 11.5 Å². The minimum Gasteiger partial charge on any atom is -0.493 e. The Morgan fingerprint density at radius 3 is 2.45 bits per heavy atom. The minimum atomic E-state index is -3.71. The van der Waals surface area contributed by atoms with Gasteiger partial charge in [0.15, 0.2) is 11.5 Å². The van der Waals surface area contributed by atoms with E-state index in [0.29, 0.717) is 28.8 Å². The lowest BCUT2D eigenvalue weighted by Gasteiger charge is -2.15. The van der Waals surface area contributed by atoms with E-state index in [1.165, 1.54) is 51.3 Å². The Morgan fingerprint density at radius 2 is 1.79 bits per heavy atom. The average Bonchev–Trinajstić information content (AvgIpc) is 2.80. The monoisotopic (exact) mass is 474 g/mol. The lowest BCUT2D eigenvalue weighted by Crippen LogP contribution is -2.24. The van der Waals surface area contributed by atoms with E-state index in [2.05, 4.69) is 10.3 Å². The topological polar surface area (TPSA) is 120 Å². The maximum absolute atomic E-state index is 12.8. The first-order chi connectivity index (χ1) is 15.7. The quantitative estimate of drug-likeness (QED) is 0.504. The number of anilines is 1. The van der Waals surface area contributed by atoms with Gasteiger partial charge in [0, 0.05) is 33.1 Å². The molecule has 1 amide bonds. The van der Waals surface area contributed by atoms with Crippen LogP contribution in [0.3, 0.4) is 0 Å². The molecule has 0 atom stereocenters. The second kappa shape index (κ2) is 10.0. The van der Waals surface area contributed by atoms with Gasteiger partial charge in [0.2, 0.25) is 15.9 Å². The van der Waals surface area contributed by atoms with Crippen LogP contribution in [0.15, 0.2) is 52.4 Å². The van der Waals surface area contributed by atoms with Crippen LogP contribution in [0, 0.1) is 0 Å². The Bertz CT molecular complexity index is 1330. The number of carbonyl (C=O) groups is 1. The zero-order valence-corrected chi connectivity index (χ0v) is 19.7. The summed E-state index contributed by atoms with van der Waals surface area (Å²) in [7, 11) is 2.13. The summed E-state index contributed by atoms with van der Waals surface area (Å²) >= 11 is 0. The van der Waals surface area contributed by atoms with Crippen molar-refractivity contribution < 1.29 is 22.7 Å². The molecule has 33 heavy (non-hydrogen) atoms. The van der Waals surface area contributed by atoms with Crippen LogP contribution in [0.2, 0.25) is 0 Å². The average molecular weight is 475 g/mol. The molecule has 0 spiro atoms. The third-order valence-corrected chi connectivity index (χ3v) is 6.93. The SMILES string of the molecule is COc1cc2ncn(CCCC(=O)Nc3ccccc3S(=O)(=O)N(C)C)c(=O)c2cc1OC. The molecule has 1 N–H and O–H groups in total. The second-order valence-electron chi connectivity index (χ2n) is 7.40. The van der Waals surface area contributed by atoms with Crippen molar-refractivity contribution in [2.45, 2.75) is 24.3 Å². The van der Waals surface area contributed by atoms with Crippen molar-refractivity contribution in [1.82, 2.24) is 13.9 Å². The fraction of sp³-hybridized carbons (Fsp3) is 0.318. The molecular weight excluding hydrogens is 448 g/mol. The van der Waals surface area contributed by atoms with Gasteiger partial charge >= 0.3 is 0 Å². The van der Waals surface area contributed by atoms with Gasteiger partial charge in [0.05, 0.1) is 37.1 Å². The summed E-state index contributed by atoms with van der Waals surface area (Å²) in [6.07, 6.45) is 1.87. The summed E-state index contributed by atoms with van der Waals surface area (Å²) in [6, 6.07) is 9.42. The highest BCUT2D eigenvalue weighted by Crippen LogP contribution is 2.29. The van der Waals surface area contributed by atoms with Gasteiger partial charge in [0.25, 0.3) is 5.56 Å². The number of nitrogens with zero attached hydrogens (tertiary/aromatic N) is 3. The molecule has 0 fully saturated rings. The van der Waals surface area contributed by atoms with Crippen molar-refractivity contribution in [1.29, 1.82) is 0 Å². The number of aromatic nitrogens is 2. The molecule has 1 heterocycles. The van der Waals surface area contributed by atoms with Crippen molar-refractivity contribution in [3.05, 3.63) is 53.1 Å². The zero-order chi connectivity index (χ0) is 24.2. The standard InChI is InChI=1S/C22H26N4O6S/c1-25(2)33(29,30)20-9-6-5-8-16(20)24-21(27)10-7-11-26-14-23-17-13-19(32-4)18(31-3)12-15(17)22(26)28/h5-6,8-9,12-14H,7,10-11H2,1-4H3,(H,24,27). The Labute approximate surface area is 191 Å². The van der Waals surface area contributed by atoms with Gasteiger partial charge in [0.1, 0.15) is 4.90 Å². The van der Waals surface area contributed by atoms with Crippen molar-refractivity contribution >= 4 is 32.5 Å². The molecule has 10 nitrogen and oxygen atoms in total. The predicted molar refractivity (Wildman–Crippen MR) is 124 cm³/mol. The Balaban J connectivity index is 1.71. The smallest absolute Gasteiger partial charge is 0.261 e. The van der Waals surface area contributed by atoms with Crippen LogP contribution >= 0.6 is 0 Å². The Hall–Kier alpha value is -3.44. The first kappa shape index (κ1) is 24.2. The predicted octanol–water partition coefficient (Wildman–Crippen LogP) is 2.08. The fourth-order valence-corrected chi connectivity index (χ4v) is 4.30. The molecule has 2 aromatic carbocycles. The highest BCUT2D eigenvalue weighted by Gasteiger charge is 2.21. The number of amides is 1. The van der Waals surface area contributed by atoms with E-state index in [1.807, 2.05) is 0 Å². The summed E-state index contributed by atoms with van der Waals surface area (Å²) < 4.78 is 38.0. The molecule has 0 radical (unpaired) electrons. The number of hydrogen-bond acceptors (Lipinski definition) is 7. The van der Waals surface area contributed by atoms with Gasteiger partial charge in [-0.2, -0.15) is 0 Å². The Morgan fingerprint density at radius 1 is 1.12 bits per heavy atom. The summed E-state index contributed by atoms with van der Waals surface area (Å²) in [6.45, 7) is 0.265. The van der Waals surface area contributed by atoms with E-state index in [4.69, 9.17) is 9.47 Å².